The van der Waals surface area contributed by atoms with Gasteiger partial charge >= 0.3 is 5.69 Å². The van der Waals surface area contributed by atoms with Gasteiger partial charge in [0.1, 0.15) is 5.69 Å². The van der Waals surface area contributed by atoms with E-state index in [2.05, 4.69) is 15.3 Å². The molecule has 1 heterocycles. The molecule has 0 aliphatic carbocycles. The van der Waals surface area contributed by atoms with E-state index in [1.54, 1.807) is 12.4 Å². The molecule has 7 heteroatoms. The summed E-state index contributed by atoms with van der Waals surface area (Å²) in [7, 11) is 0. The quantitative estimate of drug-likeness (QED) is 0.676. The van der Waals surface area contributed by atoms with E-state index in [-0.39, 0.29) is 12.2 Å². The van der Waals surface area contributed by atoms with Gasteiger partial charge in [0.2, 0.25) is 5.82 Å². The Morgan fingerprint density at radius 2 is 2.16 bits per heavy atom. The number of aromatic nitrogens is 2. The van der Waals surface area contributed by atoms with Crippen LogP contribution in [0.25, 0.3) is 0 Å². The molecular weight excluding hydrogens is 251 g/mol. The number of nitro benzene ring substituents is 1. The highest BCUT2D eigenvalue weighted by Crippen LogP contribution is 2.27. The molecule has 0 aliphatic heterocycles. The molecule has 0 saturated carbocycles. The van der Waals surface area contributed by atoms with Crippen molar-refractivity contribution in [3.05, 3.63) is 57.9 Å². The lowest BCUT2D eigenvalue weighted by Gasteiger charge is -2.06. The second-order valence-electron chi connectivity index (χ2n) is 3.90. The number of rotatable bonds is 4. The van der Waals surface area contributed by atoms with Crippen molar-refractivity contribution in [2.24, 2.45) is 0 Å². The average Bonchev–Trinajstić information content (AvgIpc) is 2.37. The van der Waals surface area contributed by atoms with E-state index in [0.29, 0.717) is 5.69 Å². The third-order valence-electron chi connectivity index (χ3n) is 2.46. The van der Waals surface area contributed by atoms with Gasteiger partial charge in [0.15, 0.2) is 0 Å². The predicted molar refractivity (Wildman–Crippen MR) is 67.2 cm³/mol. The first-order chi connectivity index (χ1) is 9.08. The van der Waals surface area contributed by atoms with Gasteiger partial charge in [-0.1, -0.05) is 6.07 Å². The van der Waals surface area contributed by atoms with Crippen LogP contribution < -0.4 is 5.32 Å². The third kappa shape index (κ3) is 3.01. The molecule has 0 amide bonds. The summed E-state index contributed by atoms with van der Waals surface area (Å²) in [5, 5.41) is 13.6. The van der Waals surface area contributed by atoms with Gasteiger partial charge in [-0.3, -0.25) is 20.1 Å². The maximum absolute atomic E-state index is 13.4. The molecule has 0 aliphatic rings. The number of hydrogen-bond donors (Lipinski definition) is 1. The molecule has 0 spiro atoms. The molecule has 19 heavy (non-hydrogen) atoms. The van der Waals surface area contributed by atoms with Gasteiger partial charge in [0.05, 0.1) is 29.1 Å². The summed E-state index contributed by atoms with van der Waals surface area (Å²) >= 11 is 0. The standard InChI is InChI=1S/C12H11FN4O2/c1-8-5-15-9(6-14-8)7-16-11-4-2-3-10(13)12(11)17(18)19/h2-6,16H,7H2,1H3. The summed E-state index contributed by atoms with van der Waals surface area (Å²) in [6.45, 7) is 2.04. The Balaban J connectivity index is 2.18. The van der Waals surface area contributed by atoms with E-state index >= 15 is 0 Å². The highest BCUT2D eigenvalue weighted by Gasteiger charge is 2.19. The van der Waals surface area contributed by atoms with Crippen LogP contribution in [0.4, 0.5) is 15.8 Å². The van der Waals surface area contributed by atoms with Crippen LogP contribution in [-0.2, 0) is 6.54 Å². The van der Waals surface area contributed by atoms with Gasteiger partial charge in [-0.25, -0.2) is 0 Å². The van der Waals surface area contributed by atoms with E-state index in [1.807, 2.05) is 6.92 Å². The second-order valence-corrected chi connectivity index (χ2v) is 3.90. The van der Waals surface area contributed by atoms with Gasteiger partial charge in [-0.2, -0.15) is 4.39 Å². The molecule has 0 atom stereocenters. The van der Waals surface area contributed by atoms with Crippen LogP contribution in [0, 0.1) is 22.9 Å². The first kappa shape index (κ1) is 12.9. The van der Waals surface area contributed by atoms with Crippen molar-refractivity contribution < 1.29 is 9.31 Å². The first-order valence-corrected chi connectivity index (χ1v) is 5.52. The number of para-hydroxylation sites is 1. The molecule has 1 aromatic carbocycles. The largest absolute Gasteiger partial charge is 0.374 e. The highest BCUT2D eigenvalue weighted by atomic mass is 19.1. The van der Waals surface area contributed by atoms with Gasteiger partial charge in [0, 0.05) is 6.20 Å². The normalized spacial score (nSPS) is 10.2. The fourth-order valence-corrected chi connectivity index (χ4v) is 1.54. The minimum atomic E-state index is -0.870. The van der Waals surface area contributed by atoms with E-state index in [1.165, 1.54) is 12.1 Å². The average molecular weight is 262 g/mol. The molecule has 2 rings (SSSR count). The van der Waals surface area contributed by atoms with Crippen LogP contribution in [0.2, 0.25) is 0 Å². The molecule has 98 valence electrons. The van der Waals surface area contributed by atoms with E-state index < -0.39 is 16.4 Å². The summed E-state index contributed by atoms with van der Waals surface area (Å²) in [6.07, 6.45) is 3.16. The molecule has 0 saturated heterocycles. The summed E-state index contributed by atoms with van der Waals surface area (Å²) in [5.74, 6) is -0.870. The first-order valence-electron chi connectivity index (χ1n) is 5.52. The molecule has 0 bridgehead atoms. The van der Waals surface area contributed by atoms with Gasteiger partial charge in [0.25, 0.3) is 0 Å². The highest BCUT2D eigenvalue weighted by molar-refractivity contribution is 5.61. The summed E-state index contributed by atoms with van der Waals surface area (Å²) < 4.78 is 13.4. The van der Waals surface area contributed by atoms with Crippen LogP contribution in [0.1, 0.15) is 11.4 Å². The van der Waals surface area contributed by atoms with Crippen LogP contribution in [0.5, 0.6) is 0 Å². The number of benzene rings is 1. The van der Waals surface area contributed by atoms with Crippen molar-refractivity contribution in [2.75, 3.05) is 5.32 Å². The smallest absolute Gasteiger partial charge is 0.327 e. The van der Waals surface area contributed by atoms with Gasteiger partial charge in [-0.15, -0.1) is 0 Å². The summed E-state index contributed by atoms with van der Waals surface area (Å²) in [4.78, 5) is 18.2. The lowest BCUT2D eigenvalue weighted by atomic mass is 10.2. The number of nitrogens with zero attached hydrogens (tertiary/aromatic N) is 3. The summed E-state index contributed by atoms with van der Waals surface area (Å²) in [5.41, 5.74) is 0.944. The minimum absolute atomic E-state index is 0.118. The predicted octanol–water partition coefficient (Wildman–Crippen LogP) is 2.44. The number of anilines is 1. The van der Waals surface area contributed by atoms with Crippen LogP contribution in [0.15, 0.2) is 30.6 Å². The van der Waals surface area contributed by atoms with Gasteiger partial charge in [-0.05, 0) is 19.1 Å². The maximum atomic E-state index is 13.4. The fourth-order valence-electron chi connectivity index (χ4n) is 1.54. The zero-order valence-corrected chi connectivity index (χ0v) is 10.1. The van der Waals surface area contributed by atoms with Crippen molar-refractivity contribution in [1.82, 2.24) is 9.97 Å². The zero-order chi connectivity index (χ0) is 13.8. The molecule has 0 fully saturated rings. The Bertz CT molecular complexity index is 601. The molecule has 0 radical (unpaired) electrons. The van der Waals surface area contributed by atoms with E-state index in [4.69, 9.17) is 0 Å². The molecule has 0 unspecified atom stereocenters. The fraction of sp³-hybridized carbons (Fsp3) is 0.167. The van der Waals surface area contributed by atoms with Crippen LogP contribution in [-0.4, -0.2) is 14.9 Å². The topological polar surface area (TPSA) is 81.0 Å². The SMILES string of the molecule is Cc1cnc(CNc2cccc(F)c2[N+](=O)[O-])cn1. The van der Waals surface area contributed by atoms with E-state index in [0.717, 1.165) is 11.8 Å². The third-order valence-corrected chi connectivity index (χ3v) is 2.46. The maximum Gasteiger partial charge on any atom is 0.327 e. The lowest BCUT2D eigenvalue weighted by Crippen LogP contribution is -2.05. The molecule has 1 N–H and O–H groups in total. The van der Waals surface area contributed by atoms with Gasteiger partial charge < -0.3 is 5.32 Å². The van der Waals surface area contributed by atoms with Crippen molar-refractivity contribution in [3.63, 3.8) is 0 Å². The molecular formula is C12H11FN4O2. The van der Waals surface area contributed by atoms with E-state index in [9.17, 15) is 14.5 Å². The van der Waals surface area contributed by atoms with Crippen LogP contribution in [0.3, 0.4) is 0 Å². The molecule has 6 nitrogen and oxygen atoms in total. The lowest BCUT2D eigenvalue weighted by molar-refractivity contribution is -0.386. The zero-order valence-electron chi connectivity index (χ0n) is 10.1. The minimum Gasteiger partial charge on any atom is -0.374 e. The van der Waals surface area contributed by atoms with Crippen molar-refractivity contribution in [3.8, 4) is 0 Å². The number of halogens is 1. The Hall–Kier alpha value is -2.57. The Labute approximate surface area is 108 Å². The number of aryl methyl sites for hydroxylation is 1. The Morgan fingerprint density at radius 3 is 2.79 bits per heavy atom. The van der Waals surface area contributed by atoms with Crippen molar-refractivity contribution >= 4 is 11.4 Å². The van der Waals surface area contributed by atoms with Crippen LogP contribution >= 0.6 is 0 Å². The Morgan fingerprint density at radius 1 is 1.37 bits per heavy atom. The molecule has 2 aromatic rings. The van der Waals surface area contributed by atoms with Crippen molar-refractivity contribution in [2.45, 2.75) is 13.5 Å². The summed E-state index contributed by atoms with van der Waals surface area (Å²) in [6, 6.07) is 3.91. The van der Waals surface area contributed by atoms with Crippen molar-refractivity contribution in [1.29, 1.82) is 0 Å². The number of nitro groups is 1. The Kier molecular flexibility index (Phi) is 3.65. The molecule has 1 aromatic heterocycles. The number of hydrogen-bond acceptors (Lipinski definition) is 5. The number of nitrogens with one attached hydrogen (secondary N) is 1. The second kappa shape index (κ2) is 5.38. The monoisotopic (exact) mass is 262 g/mol.